The molecule has 1 aromatic heterocycles. The van der Waals surface area contributed by atoms with Crippen molar-refractivity contribution < 1.29 is 9.47 Å². The number of pyridine rings is 1. The number of aromatic nitrogens is 1. The quantitative estimate of drug-likeness (QED) is 0.722. The Bertz CT molecular complexity index is 986. The number of piperazine rings is 1. The third-order valence-electron chi connectivity index (χ3n) is 5.59. The SMILES string of the molecule is c1cc2c(c(N3CCN(CCNc4ccc5ccccc5n4)CC3)c1)OCCO2. The lowest BCUT2D eigenvalue weighted by molar-refractivity contribution is 0.171. The molecule has 1 saturated heterocycles. The lowest BCUT2D eigenvalue weighted by atomic mass is 10.2. The van der Waals surface area contributed by atoms with Crippen molar-refractivity contribution in [3.8, 4) is 11.5 Å². The Morgan fingerprint density at radius 1 is 0.862 bits per heavy atom. The van der Waals surface area contributed by atoms with Crippen molar-refractivity contribution in [2.75, 3.05) is 62.7 Å². The summed E-state index contributed by atoms with van der Waals surface area (Å²) in [5, 5.41) is 4.64. The Hall–Kier alpha value is -2.99. The van der Waals surface area contributed by atoms with E-state index < -0.39 is 0 Å². The Balaban J connectivity index is 1.13. The fraction of sp³-hybridized carbons (Fsp3) is 0.348. The standard InChI is InChI=1S/C23H26N4O2/c1-2-5-19-18(4-1)8-9-22(25-19)24-10-11-26-12-14-27(15-13-26)20-6-3-7-21-23(20)29-17-16-28-21/h1-9H,10-17H2,(H,24,25). The van der Waals surface area contributed by atoms with Gasteiger partial charge in [0.25, 0.3) is 0 Å². The van der Waals surface area contributed by atoms with Crippen LogP contribution in [0, 0.1) is 0 Å². The molecule has 6 nitrogen and oxygen atoms in total. The van der Waals surface area contributed by atoms with Crippen LogP contribution in [-0.4, -0.2) is 62.4 Å². The third kappa shape index (κ3) is 3.93. The molecule has 29 heavy (non-hydrogen) atoms. The van der Waals surface area contributed by atoms with E-state index in [1.54, 1.807) is 0 Å². The van der Waals surface area contributed by atoms with E-state index in [2.05, 4.69) is 56.5 Å². The molecule has 150 valence electrons. The van der Waals surface area contributed by atoms with E-state index in [1.807, 2.05) is 18.2 Å². The van der Waals surface area contributed by atoms with Crippen LogP contribution in [0.4, 0.5) is 11.5 Å². The predicted octanol–water partition coefficient (Wildman–Crippen LogP) is 3.24. The van der Waals surface area contributed by atoms with Gasteiger partial charge in [0.05, 0.1) is 11.2 Å². The number of hydrogen-bond acceptors (Lipinski definition) is 6. The first-order valence-corrected chi connectivity index (χ1v) is 10.3. The van der Waals surface area contributed by atoms with E-state index in [4.69, 9.17) is 9.47 Å². The maximum absolute atomic E-state index is 5.88. The Morgan fingerprint density at radius 2 is 1.72 bits per heavy atom. The Kier molecular flexibility index (Phi) is 5.09. The molecule has 1 fully saturated rings. The van der Waals surface area contributed by atoms with Gasteiger partial charge in [-0.2, -0.15) is 0 Å². The van der Waals surface area contributed by atoms with Crippen LogP contribution >= 0.6 is 0 Å². The van der Waals surface area contributed by atoms with Gasteiger partial charge in [0.2, 0.25) is 0 Å². The van der Waals surface area contributed by atoms with Gasteiger partial charge in [0.1, 0.15) is 19.0 Å². The van der Waals surface area contributed by atoms with E-state index in [0.29, 0.717) is 13.2 Å². The number of para-hydroxylation sites is 2. The zero-order valence-electron chi connectivity index (χ0n) is 16.5. The molecule has 3 heterocycles. The normalized spacial score (nSPS) is 16.8. The molecule has 0 unspecified atom stereocenters. The van der Waals surface area contributed by atoms with E-state index in [0.717, 1.165) is 67.8 Å². The van der Waals surface area contributed by atoms with Crippen LogP contribution in [0.25, 0.3) is 10.9 Å². The molecule has 2 aliphatic rings. The van der Waals surface area contributed by atoms with Crippen LogP contribution in [0.1, 0.15) is 0 Å². The molecule has 2 aliphatic heterocycles. The second-order valence-electron chi connectivity index (χ2n) is 7.45. The number of nitrogens with zero attached hydrogens (tertiary/aromatic N) is 3. The number of nitrogens with one attached hydrogen (secondary N) is 1. The summed E-state index contributed by atoms with van der Waals surface area (Å²) in [5.74, 6) is 2.70. The first-order valence-electron chi connectivity index (χ1n) is 10.3. The number of rotatable bonds is 5. The minimum Gasteiger partial charge on any atom is -0.486 e. The number of hydrogen-bond donors (Lipinski definition) is 1. The van der Waals surface area contributed by atoms with E-state index in [9.17, 15) is 0 Å². The monoisotopic (exact) mass is 390 g/mol. The van der Waals surface area contributed by atoms with Crippen LogP contribution in [0.5, 0.6) is 11.5 Å². The molecule has 0 bridgehead atoms. The molecular weight excluding hydrogens is 364 g/mol. The van der Waals surface area contributed by atoms with Crippen molar-refractivity contribution in [2.45, 2.75) is 0 Å². The van der Waals surface area contributed by atoms with Crippen LogP contribution in [0.15, 0.2) is 54.6 Å². The van der Waals surface area contributed by atoms with Gasteiger partial charge in [-0.3, -0.25) is 4.90 Å². The highest BCUT2D eigenvalue weighted by Gasteiger charge is 2.23. The number of anilines is 2. The first-order chi connectivity index (χ1) is 14.4. The van der Waals surface area contributed by atoms with Crippen molar-refractivity contribution in [1.82, 2.24) is 9.88 Å². The van der Waals surface area contributed by atoms with E-state index >= 15 is 0 Å². The Morgan fingerprint density at radius 3 is 2.66 bits per heavy atom. The molecule has 5 rings (SSSR count). The topological polar surface area (TPSA) is 49.9 Å². The molecule has 0 saturated carbocycles. The number of fused-ring (bicyclic) bond motifs is 2. The van der Waals surface area contributed by atoms with Gasteiger partial charge in [0.15, 0.2) is 11.5 Å². The van der Waals surface area contributed by atoms with Crippen molar-refractivity contribution in [2.24, 2.45) is 0 Å². The number of ether oxygens (including phenoxy) is 2. The minimum absolute atomic E-state index is 0.623. The van der Waals surface area contributed by atoms with Crippen LogP contribution in [0.2, 0.25) is 0 Å². The predicted molar refractivity (Wildman–Crippen MR) is 116 cm³/mol. The highest BCUT2D eigenvalue weighted by Crippen LogP contribution is 2.39. The van der Waals surface area contributed by atoms with Crippen molar-refractivity contribution >= 4 is 22.4 Å². The molecule has 0 aliphatic carbocycles. The molecule has 0 amide bonds. The number of benzene rings is 2. The average molecular weight is 390 g/mol. The second kappa shape index (κ2) is 8.17. The van der Waals surface area contributed by atoms with Gasteiger partial charge in [-0.05, 0) is 30.3 Å². The van der Waals surface area contributed by atoms with Crippen LogP contribution in [0.3, 0.4) is 0 Å². The van der Waals surface area contributed by atoms with Crippen molar-refractivity contribution in [3.05, 3.63) is 54.6 Å². The Labute approximate surface area is 171 Å². The zero-order chi connectivity index (χ0) is 19.5. The first kappa shape index (κ1) is 18.1. The summed E-state index contributed by atoms with van der Waals surface area (Å²) in [5.41, 5.74) is 2.18. The highest BCUT2D eigenvalue weighted by atomic mass is 16.6. The summed E-state index contributed by atoms with van der Waals surface area (Å²) in [6.07, 6.45) is 0. The van der Waals surface area contributed by atoms with Gasteiger partial charge in [-0.15, -0.1) is 0 Å². The lowest BCUT2D eigenvalue weighted by Gasteiger charge is -2.37. The fourth-order valence-electron chi connectivity index (χ4n) is 4.03. The second-order valence-corrected chi connectivity index (χ2v) is 7.45. The summed E-state index contributed by atoms with van der Waals surface area (Å²) >= 11 is 0. The summed E-state index contributed by atoms with van der Waals surface area (Å²) < 4.78 is 11.6. The van der Waals surface area contributed by atoms with Gasteiger partial charge in [0, 0.05) is 44.7 Å². The summed E-state index contributed by atoms with van der Waals surface area (Å²) in [6.45, 7) is 7.22. The largest absolute Gasteiger partial charge is 0.486 e. The smallest absolute Gasteiger partial charge is 0.184 e. The van der Waals surface area contributed by atoms with Gasteiger partial charge in [-0.25, -0.2) is 4.98 Å². The summed E-state index contributed by atoms with van der Waals surface area (Å²) in [4.78, 5) is 9.59. The van der Waals surface area contributed by atoms with Crippen LogP contribution in [-0.2, 0) is 0 Å². The van der Waals surface area contributed by atoms with Crippen LogP contribution < -0.4 is 19.7 Å². The molecule has 1 N–H and O–H groups in total. The zero-order valence-corrected chi connectivity index (χ0v) is 16.5. The van der Waals surface area contributed by atoms with Gasteiger partial charge >= 0.3 is 0 Å². The average Bonchev–Trinajstić information content (AvgIpc) is 2.79. The molecule has 6 heteroatoms. The third-order valence-corrected chi connectivity index (χ3v) is 5.59. The fourth-order valence-corrected chi connectivity index (χ4v) is 4.03. The van der Waals surface area contributed by atoms with Gasteiger partial charge < -0.3 is 19.7 Å². The molecule has 3 aromatic rings. The summed E-state index contributed by atoms with van der Waals surface area (Å²) in [7, 11) is 0. The maximum Gasteiger partial charge on any atom is 0.184 e. The van der Waals surface area contributed by atoms with E-state index in [-0.39, 0.29) is 0 Å². The maximum atomic E-state index is 5.88. The molecule has 0 atom stereocenters. The molecule has 0 radical (unpaired) electrons. The van der Waals surface area contributed by atoms with Crippen molar-refractivity contribution in [3.63, 3.8) is 0 Å². The molecule has 2 aromatic carbocycles. The summed E-state index contributed by atoms with van der Waals surface area (Å²) in [6, 6.07) is 18.6. The molecular formula is C23H26N4O2. The van der Waals surface area contributed by atoms with Gasteiger partial charge in [-0.1, -0.05) is 24.3 Å². The van der Waals surface area contributed by atoms with E-state index in [1.165, 1.54) is 5.39 Å². The lowest BCUT2D eigenvalue weighted by Crippen LogP contribution is -2.47. The van der Waals surface area contributed by atoms with Crippen molar-refractivity contribution in [1.29, 1.82) is 0 Å². The molecule has 0 spiro atoms. The minimum atomic E-state index is 0.623. The highest BCUT2D eigenvalue weighted by molar-refractivity contribution is 5.80.